The molecule has 0 spiro atoms. The Hall–Kier alpha value is -0.950. The molecule has 0 aliphatic rings. The van der Waals surface area contributed by atoms with Crippen LogP contribution in [-0.2, 0) is 25.7 Å². The van der Waals surface area contributed by atoms with Crippen LogP contribution in [-0.4, -0.2) is 39.8 Å². The zero-order valence-corrected chi connectivity index (χ0v) is 14.9. The van der Waals surface area contributed by atoms with Crippen molar-refractivity contribution in [1.82, 2.24) is 4.98 Å². The SMILES string of the molecule is CCOC(=O)C(C)(C)c1csc(NC(C)CCS(C)=O)n1. The Bertz CT molecular complexity index is 500. The summed E-state index contributed by atoms with van der Waals surface area (Å²) in [6, 6.07) is 0.193. The second-order valence-electron chi connectivity index (χ2n) is 5.49. The second-order valence-corrected chi connectivity index (χ2v) is 7.91. The third kappa shape index (κ3) is 5.39. The Kier molecular flexibility index (Phi) is 6.80. The molecular formula is C14H24N2O3S2. The molecule has 0 aliphatic heterocycles. The quantitative estimate of drug-likeness (QED) is 0.741. The number of rotatable bonds is 8. The molecule has 0 saturated carbocycles. The number of ether oxygens (including phenoxy) is 1. The fourth-order valence-electron chi connectivity index (χ4n) is 1.67. The van der Waals surface area contributed by atoms with Crippen LogP contribution in [0.1, 0.15) is 39.8 Å². The summed E-state index contributed by atoms with van der Waals surface area (Å²) in [5.41, 5.74) is -0.0413. The van der Waals surface area contributed by atoms with E-state index in [2.05, 4.69) is 10.3 Å². The fourth-order valence-corrected chi connectivity index (χ4v) is 3.35. The van der Waals surface area contributed by atoms with Crippen LogP contribution in [0.15, 0.2) is 5.38 Å². The van der Waals surface area contributed by atoms with E-state index >= 15 is 0 Å². The Labute approximate surface area is 133 Å². The van der Waals surface area contributed by atoms with Gasteiger partial charge in [0.05, 0.1) is 12.3 Å². The van der Waals surface area contributed by atoms with Gasteiger partial charge in [0.15, 0.2) is 5.13 Å². The highest BCUT2D eigenvalue weighted by atomic mass is 32.2. The van der Waals surface area contributed by atoms with E-state index in [1.807, 2.05) is 26.2 Å². The summed E-state index contributed by atoms with van der Waals surface area (Å²) in [7, 11) is -0.780. The van der Waals surface area contributed by atoms with Crippen LogP contribution < -0.4 is 5.32 Å². The van der Waals surface area contributed by atoms with E-state index in [1.54, 1.807) is 13.2 Å². The van der Waals surface area contributed by atoms with Crippen LogP contribution >= 0.6 is 11.3 Å². The van der Waals surface area contributed by atoms with Gasteiger partial charge in [0.1, 0.15) is 5.41 Å². The second kappa shape index (κ2) is 7.89. The number of carbonyl (C=O) groups is 1. The predicted octanol–water partition coefficient (Wildman–Crippen LogP) is 2.55. The lowest BCUT2D eigenvalue weighted by Crippen LogP contribution is -2.31. The molecule has 1 rings (SSSR count). The van der Waals surface area contributed by atoms with E-state index in [4.69, 9.17) is 4.74 Å². The smallest absolute Gasteiger partial charge is 0.317 e. The van der Waals surface area contributed by atoms with Crippen molar-refractivity contribution in [3.63, 3.8) is 0 Å². The lowest BCUT2D eigenvalue weighted by molar-refractivity contribution is -0.148. The van der Waals surface area contributed by atoms with Crippen molar-refractivity contribution in [2.24, 2.45) is 0 Å². The maximum Gasteiger partial charge on any atom is 0.317 e. The first-order valence-electron chi connectivity index (χ1n) is 6.97. The highest BCUT2D eigenvalue weighted by molar-refractivity contribution is 7.84. The van der Waals surface area contributed by atoms with Gasteiger partial charge in [-0.15, -0.1) is 11.3 Å². The van der Waals surface area contributed by atoms with Crippen molar-refractivity contribution in [2.45, 2.75) is 45.6 Å². The van der Waals surface area contributed by atoms with E-state index in [9.17, 15) is 9.00 Å². The molecule has 7 heteroatoms. The molecular weight excluding hydrogens is 308 g/mol. The molecule has 0 fully saturated rings. The molecule has 0 amide bonds. The maximum atomic E-state index is 12.0. The molecule has 1 aromatic rings. The summed E-state index contributed by atoms with van der Waals surface area (Å²) >= 11 is 1.47. The Morgan fingerprint density at radius 1 is 1.57 bits per heavy atom. The van der Waals surface area contributed by atoms with E-state index < -0.39 is 16.2 Å². The third-order valence-corrected chi connectivity index (χ3v) is 4.72. The molecule has 0 aliphatic carbocycles. The number of thiazole rings is 1. The fraction of sp³-hybridized carbons (Fsp3) is 0.714. The van der Waals surface area contributed by atoms with Crippen LogP contribution in [0, 0.1) is 0 Å². The summed E-state index contributed by atoms with van der Waals surface area (Å²) in [6.07, 6.45) is 2.52. The zero-order chi connectivity index (χ0) is 16.0. The highest BCUT2D eigenvalue weighted by Crippen LogP contribution is 2.28. The van der Waals surface area contributed by atoms with Crippen molar-refractivity contribution >= 4 is 33.2 Å². The number of nitrogens with one attached hydrogen (secondary N) is 1. The monoisotopic (exact) mass is 332 g/mol. The van der Waals surface area contributed by atoms with Crippen molar-refractivity contribution < 1.29 is 13.7 Å². The zero-order valence-electron chi connectivity index (χ0n) is 13.3. The van der Waals surface area contributed by atoms with Gasteiger partial charge in [-0.3, -0.25) is 9.00 Å². The van der Waals surface area contributed by atoms with Gasteiger partial charge in [-0.2, -0.15) is 0 Å². The van der Waals surface area contributed by atoms with E-state index in [-0.39, 0.29) is 12.0 Å². The van der Waals surface area contributed by atoms with Crippen molar-refractivity contribution in [1.29, 1.82) is 0 Å². The molecule has 0 aromatic carbocycles. The van der Waals surface area contributed by atoms with Gasteiger partial charge in [-0.1, -0.05) is 0 Å². The van der Waals surface area contributed by atoms with Crippen LogP contribution in [0.5, 0.6) is 0 Å². The predicted molar refractivity (Wildman–Crippen MR) is 88.4 cm³/mol. The summed E-state index contributed by atoms with van der Waals surface area (Å²) in [6.45, 7) is 7.81. The van der Waals surface area contributed by atoms with Gasteiger partial charge >= 0.3 is 5.97 Å². The first-order valence-corrected chi connectivity index (χ1v) is 9.57. The minimum absolute atomic E-state index is 0.193. The Morgan fingerprint density at radius 3 is 2.81 bits per heavy atom. The van der Waals surface area contributed by atoms with E-state index in [1.165, 1.54) is 11.3 Å². The summed E-state index contributed by atoms with van der Waals surface area (Å²) in [4.78, 5) is 16.4. The molecule has 120 valence electrons. The van der Waals surface area contributed by atoms with Crippen LogP contribution in [0.4, 0.5) is 5.13 Å². The van der Waals surface area contributed by atoms with Crippen LogP contribution in [0.25, 0.3) is 0 Å². The van der Waals surface area contributed by atoms with E-state index in [0.717, 1.165) is 11.6 Å². The number of aromatic nitrogens is 1. The molecule has 21 heavy (non-hydrogen) atoms. The number of anilines is 1. The highest BCUT2D eigenvalue weighted by Gasteiger charge is 2.34. The summed E-state index contributed by atoms with van der Waals surface area (Å²) in [5, 5.41) is 5.94. The number of nitrogens with zero attached hydrogens (tertiary/aromatic N) is 1. The van der Waals surface area contributed by atoms with Gasteiger partial charge in [-0.25, -0.2) is 4.98 Å². The molecule has 1 N–H and O–H groups in total. The maximum absolute atomic E-state index is 12.0. The molecule has 2 atom stereocenters. The van der Waals surface area contributed by atoms with Crippen molar-refractivity contribution in [3.05, 3.63) is 11.1 Å². The molecule has 2 unspecified atom stereocenters. The first kappa shape index (κ1) is 18.1. The summed E-state index contributed by atoms with van der Waals surface area (Å²) in [5.74, 6) is 0.400. The van der Waals surface area contributed by atoms with Gasteiger partial charge in [0.2, 0.25) is 0 Å². The average molecular weight is 332 g/mol. The normalized spacial score (nSPS) is 14.5. The van der Waals surface area contributed by atoms with Gasteiger partial charge in [0.25, 0.3) is 0 Å². The van der Waals surface area contributed by atoms with Gasteiger partial charge < -0.3 is 10.1 Å². The van der Waals surface area contributed by atoms with Crippen LogP contribution in [0.2, 0.25) is 0 Å². The Morgan fingerprint density at radius 2 is 2.24 bits per heavy atom. The van der Waals surface area contributed by atoms with Crippen molar-refractivity contribution in [2.75, 3.05) is 23.9 Å². The third-order valence-electron chi connectivity index (χ3n) is 3.14. The lowest BCUT2D eigenvalue weighted by atomic mass is 9.90. The number of hydrogen-bond donors (Lipinski definition) is 1. The number of carbonyl (C=O) groups excluding carboxylic acids is 1. The lowest BCUT2D eigenvalue weighted by Gasteiger charge is -2.19. The van der Waals surface area contributed by atoms with Gasteiger partial charge in [0, 0.05) is 34.2 Å². The Balaban J connectivity index is 2.68. The first-order chi connectivity index (χ1) is 9.77. The molecule has 0 bridgehead atoms. The van der Waals surface area contributed by atoms with Gasteiger partial charge in [-0.05, 0) is 34.1 Å². The molecule has 1 heterocycles. The minimum atomic E-state index is -0.780. The van der Waals surface area contributed by atoms with Crippen molar-refractivity contribution in [3.8, 4) is 0 Å². The average Bonchev–Trinajstić information content (AvgIpc) is 2.85. The topological polar surface area (TPSA) is 68.3 Å². The molecule has 0 radical (unpaired) electrons. The molecule has 1 aromatic heterocycles. The largest absolute Gasteiger partial charge is 0.465 e. The van der Waals surface area contributed by atoms with E-state index in [0.29, 0.717) is 18.1 Å². The number of hydrogen-bond acceptors (Lipinski definition) is 6. The van der Waals surface area contributed by atoms with Crippen LogP contribution in [0.3, 0.4) is 0 Å². The summed E-state index contributed by atoms with van der Waals surface area (Å²) < 4.78 is 16.2. The standard InChI is InChI=1S/C14H24N2O3S2/c1-6-19-12(17)14(3,4)11-9-20-13(16-11)15-10(2)7-8-21(5)18/h9-10H,6-8H2,1-5H3,(H,15,16). The number of esters is 1. The molecule has 0 saturated heterocycles. The molecule has 5 nitrogen and oxygen atoms in total. The minimum Gasteiger partial charge on any atom is -0.465 e.